The third-order valence-corrected chi connectivity index (χ3v) is 8.82. The van der Waals surface area contributed by atoms with Crippen LogP contribution in [0.3, 0.4) is 0 Å². The van der Waals surface area contributed by atoms with Crippen molar-refractivity contribution in [2.45, 2.75) is 36.9 Å². The average molecular weight is 491 g/mol. The van der Waals surface area contributed by atoms with Crippen LogP contribution in [0.15, 0.2) is 95.2 Å². The molecular formula is C27H26N2O3S2. The van der Waals surface area contributed by atoms with Crippen molar-refractivity contribution in [2.75, 3.05) is 6.54 Å². The van der Waals surface area contributed by atoms with Gasteiger partial charge in [-0.05, 0) is 52.8 Å². The van der Waals surface area contributed by atoms with Gasteiger partial charge in [-0.1, -0.05) is 66.7 Å². The molecule has 0 radical (unpaired) electrons. The van der Waals surface area contributed by atoms with E-state index in [-0.39, 0.29) is 23.4 Å². The summed E-state index contributed by atoms with van der Waals surface area (Å²) in [5, 5.41) is 3.84. The van der Waals surface area contributed by atoms with Crippen LogP contribution in [-0.2, 0) is 27.9 Å². The van der Waals surface area contributed by atoms with Gasteiger partial charge in [0.15, 0.2) is 0 Å². The summed E-state index contributed by atoms with van der Waals surface area (Å²) in [5.74, 6) is -0.187. The van der Waals surface area contributed by atoms with Crippen LogP contribution in [0.2, 0.25) is 0 Å². The van der Waals surface area contributed by atoms with E-state index in [2.05, 4.69) is 0 Å². The van der Waals surface area contributed by atoms with E-state index in [4.69, 9.17) is 0 Å². The van der Waals surface area contributed by atoms with E-state index < -0.39 is 10.0 Å². The first-order valence-corrected chi connectivity index (χ1v) is 13.7. The highest BCUT2D eigenvalue weighted by atomic mass is 32.2. The zero-order valence-corrected chi connectivity index (χ0v) is 20.3. The summed E-state index contributed by atoms with van der Waals surface area (Å²) in [7, 11) is -3.80. The highest BCUT2D eigenvalue weighted by Crippen LogP contribution is 2.33. The van der Waals surface area contributed by atoms with Crippen LogP contribution in [-0.4, -0.2) is 36.1 Å². The lowest BCUT2D eigenvalue weighted by Gasteiger charge is -2.27. The maximum atomic E-state index is 13.6. The van der Waals surface area contributed by atoms with Crippen LogP contribution in [0.4, 0.5) is 0 Å². The topological polar surface area (TPSA) is 57.7 Å². The molecular weight excluding hydrogens is 464 g/mol. The van der Waals surface area contributed by atoms with Gasteiger partial charge >= 0.3 is 0 Å². The number of thiophene rings is 1. The molecule has 1 aromatic heterocycles. The van der Waals surface area contributed by atoms with Crippen LogP contribution in [0.25, 0.3) is 10.8 Å². The maximum Gasteiger partial charge on any atom is 0.243 e. The van der Waals surface area contributed by atoms with Crippen LogP contribution in [0, 0.1) is 0 Å². The molecule has 5 nitrogen and oxygen atoms in total. The third kappa shape index (κ3) is 5.06. The summed E-state index contributed by atoms with van der Waals surface area (Å²) < 4.78 is 28.7. The number of rotatable bonds is 9. The zero-order chi connectivity index (χ0) is 23.5. The molecule has 0 saturated heterocycles. The van der Waals surface area contributed by atoms with Gasteiger partial charge in [0, 0.05) is 17.5 Å². The van der Waals surface area contributed by atoms with E-state index in [0.717, 1.165) is 34.1 Å². The Balaban J connectivity index is 1.41. The van der Waals surface area contributed by atoms with Crippen molar-refractivity contribution in [3.63, 3.8) is 0 Å². The summed E-state index contributed by atoms with van der Waals surface area (Å²) in [6.07, 6.45) is 1.56. The van der Waals surface area contributed by atoms with Gasteiger partial charge in [0.25, 0.3) is 0 Å². The highest BCUT2D eigenvalue weighted by Gasteiger charge is 2.40. The maximum absolute atomic E-state index is 13.6. The van der Waals surface area contributed by atoms with Crippen molar-refractivity contribution >= 4 is 38.0 Å². The number of amides is 1. The number of benzene rings is 3. The fraction of sp³-hybridized carbons (Fsp3) is 0.222. The van der Waals surface area contributed by atoms with Crippen LogP contribution >= 0.6 is 11.3 Å². The molecule has 3 aromatic carbocycles. The predicted octanol–water partition coefficient (Wildman–Crippen LogP) is 5.28. The molecule has 1 aliphatic rings. The smallest absolute Gasteiger partial charge is 0.243 e. The van der Waals surface area contributed by atoms with Gasteiger partial charge in [-0.2, -0.15) is 4.31 Å². The molecule has 4 aromatic rings. The molecule has 5 rings (SSSR count). The molecule has 1 saturated carbocycles. The number of carbonyl (C=O) groups is 1. The minimum absolute atomic E-state index is 0.124. The monoisotopic (exact) mass is 490 g/mol. The van der Waals surface area contributed by atoms with Gasteiger partial charge in [0.2, 0.25) is 15.9 Å². The Morgan fingerprint density at radius 2 is 1.59 bits per heavy atom. The number of fused-ring (bicyclic) bond motifs is 1. The Bertz CT molecular complexity index is 1380. The van der Waals surface area contributed by atoms with Crippen molar-refractivity contribution in [3.8, 4) is 0 Å². The SMILES string of the molecule is O=C(CN(C1CC1)S(=O)(=O)c1ccc2ccccc2c1)N(Cc1ccccc1)Cc1cccs1. The van der Waals surface area contributed by atoms with E-state index in [0.29, 0.717) is 13.1 Å². The number of carbonyl (C=O) groups excluding carboxylic acids is 1. The number of sulfonamides is 1. The number of nitrogens with zero attached hydrogens (tertiary/aromatic N) is 2. The Hall–Kier alpha value is -3.00. The molecule has 1 amide bonds. The molecule has 7 heteroatoms. The van der Waals surface area contributed by atoms with Gasteiger partial charge in [-0.3, -0.25) is 4.79 Å². The molecule has 0 unspecified atom stereocenters. The largest absolute Gasteiger partial charge is 0.332 e. The fourth-order valence-electron chi connectivity index (χ4n) is 4.10. The summed E-state index contributed by atoms with van der Waals surface area (Å²) in [5.41, 5.74) is 1.02. The molecule has 0 atom stereocenters. The zero-order valence-electron chi connectivity index (χ0n) is 18.7. The normalized spacial score (nSPS) is 13.9. The lowest BCUT2D eigenvalue weighted by atomic mass is 10.1. The molecule has 1 aliphatic carbocycles. The molecule has 1 fully saturated rings. The molecule has 0 bridgehead atoms. The summed E-state index contributed by atoms with van der Waals surface area (Å²) >= 11 is 1.59. The van der Waals surface area contributed by atoms with Crippen molar-refractivity contribution in [1.29, 1.82) is 0 Å². The van der Waals surface area contributed by atoms with Gasteiger partial charge in [-0.25, -0.2) is 8.42 Å². The molecule has 34 heavy (non-hydrogen) atoms. The Morgan fingerprint density at radius 1 is 0.853 bits per heavy atom. The molecule has 0 N–H and O–H groups in total. The minimum Gasteiger partial charge on any atom is -0.332 e. The first kappa shape index (κ1) is 22.8. The van der Waals surface area contributed by atoms with E-state index in [1.165, 1.54) is 4.31 Å². The summed E-state index contributed by atoms with van der Waals surface area (Å²) in [4.78, 5) is 16.6. The first-order valence-electron chi connectivity index (χ1n) is 11.4. The van der Waals surface area contributed by atoms with E-state index in [9.17, 15) is 13.2 Å². The second kappa shape index (κ2) is 9.70. The van der Waals surface area contributed by atoms with E-state index in [1.54, 1.807) is 28.4 Å². The van der Waals surface area contributed by atoms with Crippen molar-refractivity contribution in [1.82, 2.24) is 9.21 Å². The summed E-state index contributed by atoms with van der Waals surface area (Å²) in [6, 6.07) is 26.5. The first-order chi connectivity index (χ1) is 16.5. The van der Waals surface area contributed by atoms with Gasteiger partial charge < -0.3 is 4.90 Å². The second-order valence-corrected chi connectivity index (χ2v) is 11.5. The molecule has 1 heterocycles. The molecule has 0 spiro atoms. The van der Waals surface area contributed by atoms with Crippen LogP contribution in [0.5, 0.6) is 0 Å². The summed E-state index contributed by atoms with van der Waals surface area (Å²) in [6.45, 7) is 0.740. The fourth-order valence-corrected chi connectivity index (χ4v) is 6.49. The van der Waals surface area contributed by atoms with E-state index in [1.807, 2.05) is 78.2 Å². The predicted molar refractivity (Wildman–Crippen MR) is 136 cm³/mol. The van der Waals surface area contributed by atoms with Gasteiger partial charge in [0.05, 0.1) is 18.0 Å². The van der Waals surface area contributed by atoms with E-state index >= 15 is 0 Å². The van der Waals surface area contributed by atoms with Crippen molar-refractivity contribution < 1.29 is 13.2 Å². The number of hydrogen-bond donors (Lipinski definition) is 0. The standard InChI is InChI=1S/C27H26N2O3S2/c30-27(28(19-25-11-6-16-33-25)18-21-7-2-1-3-8-21)20-29(24-13-14-24)34(31,32)26-15-12-22-9-4-5-10-23(22)17-26/h1-12,15-17,24H,13-14,18-20H2. The van der Waals surface area contributed by atoms with Crippen LogP contribution < -0.4 is 0 Å². The lowest BCUT2D eigenvalue weighted by molar-refractivity contribution is -0.132. The molecule has 0 aliphatic heterocycles. The van der Waals surface area contributed by atoms with Crippen molar-refractivity contribution in [3.05, 3.63) is 101 Å². The quantitative estimate of drug-likeness (QED) is 0.321. The van der Waals surface area contributed by atoms with Gasteiger partial charge in [0.1, 0.15) is 0 Å². The van der Waals surface area contributed by atoms with Crippen LogP contribution in [0.1, 0.15) is 23.3 Å². The minimum atomic E-state index is -3.80. The highest BCUT2D eigenvalue weighted by molar-refractivity contribution is 7.89. The average Bonchev–Trinajstić information content (AvgIpc) is 3.57. The Morgan fingerprint density at radius 3 is 2.29 bits per heavy atom. The van der Waals surface area contributed by atoms with Crippen molar-refractivity contribution in [2.24, 2.45) is 0 Å². The molecule has 174 valence electrons. The van der Waals surface area contributed by atoms with Gasteiger partial charge in [-0.15, -0.1) is 11.3 Å². The Kier molecular flexibility index (Phi) is 6.50. The lowest BCUT2D eigenvalue weighted by Crippen LogP contribution is -2.43. The second-order valence-electron chi connectivity index (χ2n) is 8.61. The Labute approximate surface area is 204 Å². The number of hydrogen-bond acceptors (Lipinski definition) is 4. The third-order valence-electron chi connectivity index (χ3n) is 6.07.